The summed E-state index contributed by atoms with van der Waals surface area (Å²) in [5.41, 5.74) is 1.86. The van der Waals surface area contributed by atoms with Crippen molar-refractivity contribution >= 4 is 26.8 Å². The highest BCUT2D eigenvalue weighted by molar-refractivity contribution is 7.22. The van der Waals surface area contributed by atoms with Crippen LogP contribution in [0.1, 0.15) is 30.4 Å². The summed E-state index contributed by atoms with van der Waals surface area (Å²) in [6, 6.07) is -0.113. The molecule has 0 aliphatic rings. The van der Waals surface area contributed by atoms with Crippen LogP contribution >= 0.6 is 11.3 Å². The van der Waals surface area contributed by atoms with Gasteiger partial charge in [-0.3, -0.25) is 0 Å². The number of fused-ring (bicyclic) bond motifs is 1. The Morgan fingerprint density at radius 2 is 2.23 bits per heavy atom. The molecule has 3 aromatic rings. The van der Waals surface area contributed by atoms with Gasteiger partial charge in [0.25, 0.3) is 0 Å². The van der Waals surface area contributed by atoms with Crippen LogP contribution in [0, 0.1) is 6.92 Å². The second-order valence-corrected chi connectivity index (χ2v) is 6.04. The Bertz CT molecular complexity index is 742. The summed E-state index contributed by atoms with van der Waals surface area (Å²) in [4.78, 5) is 8.91. The molecule has 0 radical (unpaired) electrons. The third kappa shape index (κ3) is 2.81. The van der Waals surface area contributed by atoms with E-state index in [1.807, 2.05) is 20.9 Å². The van der Waals surface area contributed by atoms with Gasteiger partial charge < -0.3 is 14.6 Å². The largest absolute Gasteiger partial charge is 0.384 e. The van der Waals surface area contributed by atoms with Crippen molar-refractivity contribution in [3.05, 3.63) is 17.4 Å². The first kappa shape index (κ1) is 14.9. The van der Waals surface area contributed by atoms with Crippen LogP contribution in [0.15, 0.2) is 4.52 Å². The topological polar surface area (TPSA) is 90.9 Å². The summed E-state index contributed by atoms with van der Waals surface area (Å²) >= 11 is 1.57. The predicted molar refractivity (Wildman–Crippen MR) is 83.0 cm³/mol. The number of nitrogens with one attached hydrogen (secondary N) is 1. The Hall–Kier alpha value is -2.00. The molecule has 118 valence electrons. The van der Waals surface area contributed by atoms with Crippen LogP contribution in [-0.2, 0) is 18.2 Å². The van der Waals surface area contributed by atoms with E-state index >= 15 is 0 Å². The van der Waals surface area contributed by atoms with E-state index in [1.54, 1.807) is 23.1 Å². The summed E-state index contributed by atoms with van der Waals surface area (Å²) in [7, 11) is 3.54. The lowest BCUT2D eigenvalue weighted by Gasteiger charge is -2.07. The number of rotatable bonds is 6. The molecular formula is C13H18N6O2S. The maximum Gasteiger partial charge on any atom is 0.248 e. The van der Waals surface area contributed by atoms with Gasteiger partial charge in [-0.1, -0.05) is 16.5 Å². The van der Waals surface area contributed by atoms with Crippen molar-refractivity contribution in [3.63, 3.8) is 0 Å². The van der Waals surface area contributed by atoms with Crippen molar-refractivity contribution < 1.29 is 9.26 Å². The minimum Gasteiger partial charge on any atom is -0.384 e. The summed E-state index contributed by atoms with van der Waals surface area (Å²) in [6.07, 6.45) is 0.638. The molecule has 0 spiro atoms. The number of methoxy groups -OCH3 is 1. The lowest BCUT2D eigenvalue weighted by Crippen LogP contribution is -2.07. The van der Waals surface area contributed by atoms with Crippen LogP contribution in [0.5, 0.6) is 0 Å². The number of thiazole rings is 1. The monoisotopic (exact) mass is 322 g/mol. The standard InChI is InChI=1S/C13H18N6O2S/c1-7-10-11(19(3)17-7)16-13(22-10)14-8(2)12-15-9(18-21-12)5-6-20-4/h8H,5-6H2,1-4H3,(H,14,16). The average Bonchev–Trinajstić information content (AvgIpc) is 3.16. The van der Waals surface area contributed by atoms with Gasteiger partial charge in [-0.25, -0.2) is 9.67 Å². The summed E-state index contributed by atoms with van der Waals surface area (Å²) in [5, 5.41) is 12.4. The molecule has 0 fully saturated rings. The van der Waals surface area contributed by atoms with Gasteiger partial charge in [0, 0.05) is 20.6 Å². The van der Waals surface area contributed by atoms with E-state index in [9.17, 15) is 0 Å². The van der Waals surface area contributed by atoms with Crippen molar-refractivity contribution in [2.45, 2.75) is 26.3 Å². The van der Waals surface area contributed by atoms with Crippen LogP contribution < -0.4 is 5.32 Å². The molecular weight excluding hydrogens is 304 g/mol. The molecule has 0 aromatic carbocycles. The van der Waals surface area contributed by atoms with E-state index in [1.165, 1.54) is 0 Å². The molecule has 1 atom stereocenters. The maximum atomic E-state index is 5.28. The Balaban J connectivity index is 1.73. The zero-order valence-corrected chi connectivity index (χ0v) is 13.8. The van der Waals surface area contributed by atoms with E-state index < -0.39 is 0 Å². The minimum atomic E-state index is -0.113. The van der Waals surface area contributed by atoms with Gasteiger partial charge in [-0.05, 0) is 13.8 Å². The van der Waals surface area contributed by atoms with Gasteiger partial charge in [0.2, 0.25) is 5.89 Å². The first-order valence-corrected chi connectivity index (χ1v) is 7.78. The SMILES string of the molecule is COCCc1noc(C(C)Nc2nc3c(s2)c(C)nn3C)n1. The third-order valence-electron chi connectivity index (χ3n) is 3.27. The molecule has 0 bridgehead atoms. The molecule has 22 heavy (non-hydrogen) atoms. The molecule has 0 aliphatic carbocycles. The highest BCUT2D eigenvalue weighted by Gasteiger charge is 2.17. The van der Waals surface area contributed by atoms with E-state index in [-0.39, 0.29) is 6.04 Å². The van der Waals surface area contributed by atoms with Crippen molar-refractivity contribution in [1.29, 1.82) is 0 Å². The van der Waals surface area contributed by atoms with Crippen LogP contribution in [0.4, 0.5) is 5.13 Å². The molecule has 1 unspecified atom stereocenters. The van der Waals surface area contributed by atoms with Crippen molar-refractivity contribution in [1.82, 2.24) is 24.9 Å². The predicted octanol–water partition coefficient (Wildman–Crippen LogP) is 2.08. The molecule has 3 heterocycles. The quantitative estimate of drug-likeness (QED) is 0.743. The zero-order valence-electron chi connectivity index (χ0n) is 13.0. The van der Waals surface area contributed by atoms with Crippen molar-refractivity contribution in [3.8, 4) is 0 Å². The van der Waals surface area contributed by atoms with Gasteiger partial charge >= 0.3 is 0 Å². The molecule has 8 nitrogen and oxygen atoms in total. The molecule has 3 aromatic heterocycles. The van der Waals surface area contributed by atoms with Crippen molar-refractivity contribution in [2.24, 2.45) is 7.05 Å². The molecule has 0 saturated carbocycles. The fourth-order valence-electron chi connectivity index (χ4n) is 2.13. The summed E-state index contributed by atoms with van der Waals surface area (Å²) in [6.45, 7) is 4.52. The molecule has 3 rings (SSSR count). The first-order chi connectivity index (χ1) is 10.6. The Morgan fingerprint density at radius 3 is 2.95 bits per heavy atom. The highest BCUT2D eigenvalue weighted by Crippen LogP contribution is 2.30. The second kappa shape index (κ2) is 6.01. The zero-order chi connectivity index (χ0) is 15.7. The van der Waals surface area contributed by atoms with Crippen LogP contribution in [-0.4, -0.2) is 38.6 Å². The third-order valence-corrected chi connectivity index (χ3v) is 4.35. The summed E-state index contributed by atoms with van der Waals surface area (Å²) in [5.74, 6) is 1.19. The molecule has 0 saturated heterocycles. The summed E-state index contributed by atoms with van der Waals surface area (Å²) < 4.78 is 13.2. The van der Waals surface area contributed by atoms with E-state index in [4.69, 9.17) is 9.26 Å². The Labute approximate surface area is 131 Å². The smallest absolute Gasteiger partial charge is 0.248 e. The fraction of sp³-hybridized carbons (Fsp3) is 0.538. The molecule has 0 aliphatic heterocycles. The fourth-order valence-corrected chi connectivity index (χ4v) is 3.15. The maximum absolute atomic E-state index is 5.28. The van der Waals surface area contributed by atoms with E-state index in [0.29, 0.717) is 24.7 Å². The van der Waals surface area contributed by atoms with Gasteiger partial charge in [0.15, 0.2) is 16.6 Å². The van der Waals surface area contributed by atoms with Gasteiger partial charge in [0.1, 0.15) is 6.04 Å². The van der Waals surface area contributed by atoms with Crippen LogP contribution in [0.2, 0.25) is 0 Å². The van der Waals surface area contributed by atoms with Crippen LogP contribution in [0.25, 0.3) is 10.3 Å². The number of hydrogen-bond donors (Lipinski definition) is 1. The normalized spacial score (nSPS) is 12.9. The number of ether oxygens (including phenoxy) is 1. The highest BCUT2D eigenvalue weighted by atomic mass is 32.1. The van der Waals surface area contributed by atoms with Gasteiger partial charge in [-0.2, -0.15) is 10.1 Å². The van der Waals surface area contributed by atoms with E-state index in [0.717, 1.165) is 21.2 Å². The number of nitrogens with zero attached hydrogens (tertiary/aromatic N) is 5. The van der Waals surface area contributed by atoms with Gasteiger partial charge in [0.05, 0.1) is 17.0 Å². The minimum absolute atomic E-state index is 0.113. The number of hydrogen-bond acceptors (Lipinski definition) is 8. The number of aryl methyl sites for hydroxylation is 2. The Kier molecular flexibility index (Phi) is 4.08. The number of anilines is 1. The lowest BCUT2D eigenvalue weighted by molar-refractivity contribution is 0.199. The molecule has 1 N–H and O–H groups in total. The number of aromatic nitrogens is 5. The second-order valence-electron chi connectivity index (χ2n) is 5.04. The molecule has 9 heteroatoms. The van der Waals surface area contributed by atoms with Gasteiger partial charge in [-0.15, -0.1) is 0 Å². The lowest BCUT2D eigenvalue weighted by atomic mass is 10.3. The van der Waals surface area contributed by atoms with E-state index in [2.05, 4.69) is 25.5 Å². The van der Waals surface area contributed by atoms with Crippen LogP contribution in [0.3, 0.4) is 0 Å². The first-order valence-electron chi connectivity index (χ1n) is 6.96. The average molecular weight is 322 g/mol. The van der Waals surface area contributed by atoms with Crippen molar-refractivity contribution in [2.75, 3.05) is 19.0 Å². The Morgan fingerprint density at radius 1 is 1.41 bits per heavy atom. The molecule has 0 amide bonds.